The molecule has 1 heterocycles. The summed E-state index contributed by atoms with van der Waals surface area (Å²) < 4.78 is 6.58. The van der Waals surface area contributed by atoms with E-state index in [4.69, 9.17) is 26.1 Å². The first kappa shape index (κ1) is 23.1. The van der Waals surface area contributed by atoms with Crippen LogP contribution in [0.25, 0.3) is 0 Å². The molecule has 2 aromatic carbocycles. The fraction of sp³-hybridized carbons (Fsp3) is 0.538. The number of benzene rings is 2. The normalized spacial score (nSPS) is 25.1. The van der Waals surface area contributed by atoms with E-state index in [1.54, 1.807) is 11.8 Å². The number of ether oxygens (including phenoxy) is 1. The summed E-state index contributed by atoms with van der Waals surface area (Å²) in [6.45, 7) is 0.498. The SMILES string of the molecule is Clc1ccc(SCC2(c3ccccc3)COC3(CCCCCCCCCC3)OO2)cc1. The maximum absolute atomic E-state index is 6.58. The van der Waals surface area contributed by atoms with Crippen LogP contribution in [-0.4, -0.2) is 18.1 Å². The molecule has 0 amide bonds. The molecule has 2 aliphatic rings. The number of rotatable bonds is 4. The fourth-order valence-corrected chi connectivity index (χ4v) is 5.56. The van der Waals surface area contributed by atoms with Crippen LogP contribution in [-0.2, 0) is 20.1 Å². The molecule has 1 aliphatic heterocycles. The van der Waals surface area contributed by atoms with E-state index in [9.17, 15) is 0 Å². The molecule has 1 atom stereocenters. The van der Waals surface area contributed by atoms with Crippen LogP contribution < -0.4 is 0 Å². The van der Waals surface area contributed by atoms with Crippen LogP contribution in [0.5, 0.6) is 0 Å². The van der Waals surface area contributed by atoms with Crippen molar-refractivity contribution >= 4 is 23.4 Å². The molecule has 0 N–H and O–H groups in total. The van der Waals surface area contributed by atoms with Gasteiger partial charge in [0.2, 0.25) is 5.79 Å². The zero-order valence-corrected chi connectivity index (χ0v) is 19.8. The summed E-state index contributed by atoms with van der Waals surface area (Å²) in [4.78, 5) is 13.7. The molecule has 4 rings (SSSR count). The highest BCUT2D eigenvalue weighted by molar-refractivity contribution is 7.99. The Bertz CT molecular complexity index is 774. The maximum Gasteiger partial charge on any atom is 0.201 e. The Kier molecular flexibility index (Phi) is 8.36. The van der Waals surface area contributed by atoms with Gasteiger partial charge in [0.15, 0.2) is 5.60 Å². The van der Waals surface area contributed by atoms with Gasteiger partial charge in [0.25, 0.3) is 0 Å². The number of hydrogen-bond donors (Lipinski definition) is 0. The molecule has 1 saturated heterocycles. The van der Waals surface area contributed by atoms with Crippen molar-refractivity contribution in [2.24, 2.45) is 0 Å². The number of thioether (sulfide) groups is 1. The lowest BCUT2D eigenvalue weighted by molar-refractivity contribution is -0.516. The highest BCUT2D eigenvalue weighted by atomic mass is 35.5. The van der Waals surface area contributed by atoms with E-state index in [0.29, 0.717) is 12.4 Å². The van der Waals surface area contributed by atoms with E-state index in [2.05, 4.69) is 12.1 Å². The minimum Gasteiger partial charge on any atom is -0.344 e. The Labute approximate surface area is 195 Å². The van der Waals surface area contributed by atoms with Crippen molar-refractivity contribution in [3.05, 3.63) is 65.2 Å². The second kappa shape index (κ2) is 11.2. The third-order valence-electron chi connectivity index (χ3n) is 6.37. The lowest BCUT2D eigenvalue weighted by Gasteiger charge is -2.45. The van der Waals surface area contributed by atoms with E-state index in [1.807, 2.05) is 42.5 Å². The van der Waals surface area contributed by atoms with Gasteiger partial charge in [0.05, 0.1) is 6.61 Å². The van der Waals surface area contributed by atoms with Gasteiger partial charge in [0, 0.05) is 28.5 Å². The summed E-state index contributed by atoms with van der Waals surface area (Å²) in [5.41, 5.74) is 0.450. The molecule has 5 heteroatoms. The Morgan fingerprint density at radius 3 is 1.94 bits per heavy atom. The quantitative estimate of drug-likeness (QED) is 0.342. The van der Waals surface area contributed by atoms with Gasteiger partial charge in [-0.15, -0.1) is 11.8 Å². The summed E-state index contributed by atoms with van der Waals surface area (Å²) >= 11 is 7.79. The molecule has 31 heavy (non-hydrogen) atoms. The molecule has 168 valence electrons. The van der Waals surface area contributed by atoms with Gasteiger partial charge < -0.3 is 4.74 Å². The van der Waals surface area contributed by atoms with Crippen molar-refractivity contribution in [2.45, 2.75) is 80.5 Å². The van der Waals surface area contributed by atoms with Gasteiger partial charge in [-0.2, -0.15) is 0 Å². The van der Waals surface area contributed by atoms with Crippen LogP contribution in [0.15, 0.2) is 59.5 Å². The second-order valence-corrected chi connectivity index (χ2v) is 10.3. The number of halogens is 1. The van der Waals surface area contributed by atoms with E-state index in [1.165, 1.54) is 38.5 Å². The molecular formula is C26H33ClO3S. The van der Waals surface area contributed by atoms with Crippen LogP contribution >= 0.6 is 23.4 Å². The minimum atomic E-state index is -0.636. The predicted octanol–water partition coefficient (Wildman–Crippen LogP) is 7.92. The lowest BCUT2D eigenvalue weighted by atomic mass is 9.95. The Morgan fingerprint density at radius 2 is 1.35 bits per heavy atom. The average molecular weight is 461 g/mol. The smallest absolute Gasteiger partial charge is 0.201 e. The monoisotopic (exact) mass is 460 g/mol. The average Bonchev–Trinajstić information content (AvgIpc) is 2.86. The largest absolute Gasteiger partial charge is 0.344 e. The standard InChI is InChI=1S/C26H33ClO3S/c27-23-14-16-24(17-15-23)31-21-25(22-12-8-7-9-13-22)20-28-26(30-29-25)18-10-5-3-1-2-4-6-11-19-26/h7-9,12-17H,1-6,10-11,18-21H2. The summed E-state index contributed by atoms with van der Waals surface area (Å²) in [6.07, 6.45) is 11.9. The zero-order valence-electron chi connectivity index (χ0n) is 18.2. The third-order valence-corrected chi connectivity index (χ3v) is 7.84. The van der Waals surface area contributed by atoms with Crippen LogP contribution in [0.1, 0.15) is 69.8 Å². The molecule has 1 unspecified atom stereocenters. The van der Waals surface area contributed by atoms with Crippen molar-refractivity contribution in [1.29, 1.82) is 0 Å². The Morgan fingerprint density at radius 1 is 0.742 bits per heavy atom. The predicted molar refractivity (Wildman–Crippen MR) is 127 cm³/mol. The van der Waals surface area contributed by atoms with E-state index in [-0.39, 0.29) is 0 Å². The number of hydrogen-bond acceptors (Lipinski definition) is 4. The van der Waals surface area contributed by atoms with Crippen LogP contribution in [0.2, 0.25) is 5.02 Å². The highest BCUT2D eigenvalue weighted by Crippen LogP contribution is 2.42. The Balaban J connectivity index is 1.48. The van der Waals surface area contributed by atoms with Crippen molar-refractivity contribution in [1.82, 2.24) is 0 Å². The molecule has 2 fully saturated rings. The molecule has 1 saturated carbocycles. The van der Waals surface area contributed by atoms with Crippen molar-refractivity contribution in [3.63, 3.8) is 0 Å². The molecule has 0 radical (unpaired) electrons. The third kappa shape index (κ3) is 6.27. The van der Waals surface area contributed by atoms with Gasteiger partial charge in [-0.3, -0.25) is 0 Å². The molecule has 0 bridgehead atoms. The van der Waals surface area contributed by atoms with Gasteiger partial charge in [0.1, 0.15) is 0 Å². The maximum atomic E-state index is 6.58. The van der Waals surface area contributed by atoms with Crippen LogP contribution in [0.3, 0.4) is 0 Å². The van der Waals surface area contributed by atoms with Gasteiger partial charge in [-0.1, -0.05) is 80.5 Å². The van der Waals surface area contributed by atoms with Gasteiger partial charge in [-0.25, -0.2) is 9.78 Å². The van der Waals surface area contributed by atoms with Gasteiger partial charge >= 0.3 is 0 Å². The molecule has 1 spiro atoms. The first-order chi connectivity index (χ1) is 15.2. The molecule has 0 aromatic heterocycles. The Hall–Kier alpha value is -1.04. The van der Waals surface area contributed by atoms with Crippen molar-refractivity contribution < 1.29 is 14.5 Å². The summed E-state index contributed by atoms with van der Waals surface area (Å²) in [5, 5.41) is 0.747. The van der Waals surface area contributed by atoms with E-state index in [0.717, 1.165) is 41.2 Å². The molecule has 1 aliphatic carbocycles. The molecule has 2 aromatic rings. The minimum absolute atomic E-state index is 0.498. The fourth-order valence-electron chi connectivity index (χ4n) is 4.41. The lowest BCUT2D eigenvalue weighted by Crippen LogP contribution is -2.51. The second-order valence-electron chi connectivity index (χ2n) is 8.80. The zero-order chi connectivity index (χ0) is 21.4. The first-order valence-corrected chi connectivity index (χ1v) is 13.0. The van der Waals surface area contributed by atoms with Crippen LogP contribution in [0, 0.1) is 0 Å². The van der Waals surface area contributed by atoms with Crippen molar-refractivity contribution in [3.8, 4) is 0 Å². The van der Waals surface area contributed by atoms with Gasteiger partial charge in [-0.05, 0) is 42.7 Å². The summed E-state index contributed by atoms with van der Waals surface area (Å²) in [5.74, 6) is 0.0995. The molecular weight excluding hydrogens is 428 g/mol. The highest BCUT2D eigenvalue weighted by Gasteiger charge is 2.47. The topological polar surface area (TPSA) is 27.7 Å². The van der Waals surface area contributed by atoms with E-state index < -0.39 is 11.4 Å². The first-order valence-electron chi connectivity index (χ1n) is 11.6. The summed E-state index contributed by atoms with van der Waals surface area (Å²) in [7, 11) is 0. The summed E-state index contributed by atoms with van der Waals surface area (Å²) in [6, 6.07) is 18.3. The molecule has 3 nitrogen and oxygen atoms in total. The van der Waals surface area contributed by atoms with Crippen LogP contribution in [0.4, 0.5) is 0 Å². The van der Waals surface area contributed by atoms with E-state index >= 15 is 0 Å². The van der Waals surface area contributed by atoms with Crippen molar-refractivity contribution in [2.75, 3.05) is 12.4 Å².